The molecule has 0 bridgehead atoms. The van der Waals surface area contributed by atoms with Crippen LogP contribution < -0.4 is 5.73 Å². The Morgan fingerprint density at radius 2 is 2.21 bits per heavy atom. The van der Waals surface area contributed by atoms with Crippen LogP contribution in [0.15, 0.2) is 24.3 Å². The van der Waals surface area contributed by atoms with Gasteiger partial charge in [-0.1, -0.05) is 36.7 Å². The number of nitrogens with zero attached hydrogens (tertiary/aromatic N) is 1. The van der Waals surface area contributed by atoms with Gasteiger partial charge in [-0.25, -0.2) is 0 Å². The molecule has 1 aliphatic rings. The molecule has 19 heavy (non-hydrogen) atoms. The highest BCUT2D eigenvalue weighted by molar-refractivity contribution is 6.31. The van der Waals surface area contributed by atoms with Crippen molar-refractivity contribution in [1.82, 2.24) is 4.90 Å². The number of morpholine rings is 1. The highest BCUT2D eigenvalue weighted by Crippen LogP contribution is 2.31. The first kappa shape index (κ1) is 14.8. The summed E-state index contributed by atoms with van der Waals surface area (Å²) in [5.74, 6) is 0. The number of hydrogen-bond donors (Lipinski definition) is 1. The van der Waals surface area contributed by atoms with Gasteiger partial charge in [-0.2, -0.15) is 0 Å². The molecule has 1 heterocycles. The lowest BCUT2D eigenvalue weighted by Gasteiger charge is -2.40. The van der Waals surface area contributed by atoms with E-state index in [0.717, 1.165) is 36.7 Å². The molecule has 2 N–H and O–H groups in total. The predicted molar refractivity (Wildman–Crippen MR) is 79.4 cm³/mol. The first-order valence-corrected chi connectivity index (χ1v) is 7.37. The molecular weight excluding hydrogens is 260 g/mol. The molecular formula is C15H23ClN2O. The maximum atomic E-state index is 6.36. The third-order valence-corrected chi connectivity index (χ3v) is 4.11. The minimum absolute atomic E-state index is 0.0881. The first-order valence-electron chi connectivity index (χ1n) is 6.99. The predicted octanol–water partition coefficient (Wildman–Crippen LogP) is 2.84. The van der Waals surface area contributed by atoms with Crippen LogP contribution in [0.5, 0.6) is 0 Å². The zero-order valence-corrected chi connectivity index (χ0v) is 12.4. The number of ether oxygens (including phenoxy) is 1. The smallest absolute Gasteiger partial charge is 0.0674 e. The van der Waals surface area contributed by atoms with Gasteiger partial charge in [0.05, 0.1) is 18.8 Å². The van der Waals surface area contributed by atoms with Crippen LogP contribution in [0.25, 0.3) is 0 Å². The summed E-state index contributed by atoms with van der Waals surface area (Å²) in [5.41, 5.74) is 7.49. The summed E-state index contributed by atoms with van der Waals surface area (Å²) in [6.07, 6.45) is 1.18. The van der Waals surface area contributed by atoms with Gasteiger partial charge in [0.15, 0.2) is 0 Å². The Morgan fingerprint density at radius 1 is 1.47 bits per heavy atom. The monoisotopic (exact) mass is 282 g/mol. The van der Waals surface area contributed by atoms with Crippen LogP contribution in [-0.4, -0.2) is 36.7 Å². The SMILES string of the molecule is CCC(N)C(c1ccccc1Cl)N1CCOC(C)C1. The minimum Gasteiger partial charge on any atom is -0.376 e. The molecule has 1 saturated heterocycles. The largest absolute Gasteiger partial charge is 0.376 e. The molecule has 3 nitrogen and oxygen atoms in total. The van der Waals surface area contributed by atoms with Crippen molar-refractivity contribution >= 4 is 11.6 Å². The fraction of sp³-hybridized carbons (Fsp3) is 0.600. The molecule has 3 atom stereocenters. The van der Waals surface area contributed by atoms with Gasteiger partial charge in [-0.05, 0) is 25.0 Å². The standard InChI is InChI=1S/C15H23ClN2O/c1-3-14(17)15(12-6-4-5-7-13(12)16)18-8-9-19-11(2)10-18/h4-7,11,14-15H,3,8-10,17H2,1-2H3. The van der Waals surface area contributed by atoms with Crippen LogP contribution in [0, 0.1) is 0 Å². The maximum Gasteiger partial charge on any atom is 0.0674 e. The molecule has 1 aliphatic heterocycles. The van der Waals surface area contributed by atoms with Gasteiger partial charge in [0.25, 0.3) is 0 Å². The van der Waals surface area contributed by atoms with Crippen molar-refractivity contribution in [2.24, 2.45) is 5.73 Å². The second-order valence-corrected chi connectivity index (χ2v) is 5.62. The Kier molecular flexibility index (Phi) is 5.22. The zero-order chi connectivity index (χ0) is 13.8. The third kappa shape index (κ3) is 3.48. The van der Waals surface area contributed by atoms with E-state index in [1.807, 2.05) is 18.2 Å². The number of hydrogen-bond acceptors (Lipinski definition) is 3. The fourth-order valence-corrected chi connectivity index (χ4v) is 2.98. The van der Waals surface area contributed by atoms with E-state index in [1.54, 1.807) is 0 Å². The average molecular weight is 283 g/mol. The van der Waals surface area contributed by atoms with Crippen LogP contribution in [-0.2, 0) is 4.74 Å². The van der Waals surface area contributed by atoms with E-state index < -0.39 is 0 Å². The highest BCUT2D eigenvalue weighted by Gasteiger charge is 2.30. The molecule has 0 saturated carbocycles. The molecule has 3 unspecified atom stereocenters. The minimum atomic E-state index is 0.0881. The van der Waals surface area contributed by atoms with E-state index in [0.29, 0.717) is 0 Å². The molecule has 2 rings (SSSR count). The fourth-order valence-electron chi connectivity index (χ4n) is 2.73. The van der Waals surface area contributed by atoms with Crippen molar-refractivity contribution in [3.8, 4) is 0 Å². The Hall–Kier alpha value is -0.610. The van der Waals surface area contributed by atoms with E-state index in [2.05, 4.69) is 24.8 Å². The zero-order valence-electron chi connectivity index (χ0n) is 11.7. The molecule has 1 fully saturated rings. The highest BCUT2D eigenvalue weighted by atomic mass is 35.5. The lowest BCUT2D eigenvalue weighted by Crippen LogP contribution is -2.48. The second kappa shape index (κ2) is 6.71. The van der Waals surface area contributed by atoms with Crippen molar-refractivity contribution in [1.29, 1.82) is 0 Å². The van der Waals surface area contributed by atoms with Crippen LogP contribution in [0.2, 0.25) is 5.02 Å². The van der Waals surface area contributed by atoms with Crippen LogP contribution in [0.3, 0.4) is 0 Å². The van der Waals surface area contributed by atoms with Crippen molar-refractivity contribution in [2.75, 3.05) is 19.7 Å². The van der Waals surface area contributed by atoms with Gasteiger partial charge in [-0.15, -0.1) is 0 Å². The average Bonchev–Trinajstić information content (AvgIpc) is 2.41. The molecule has 1 aromatic rings. The van der Waals surface area contributed by atoms with Gasteiger partial charge in [-0.3, -0.25) is 4.90 Å². The third-order valence-electron chi connectivity index (χ3n) is 3.77. The van der Waals surface area contributed by atoms with Gasteiger partial charge in [0.1, 0.15) is 0 Å². The lowest BCUT2D eigenvalue weighted by molar-refractivity contribution is -0.0386. The summed E-state index contributed by atoms with van der Waals surface area (Å²) in [6.45, 7) is 6.81. The van der Waals surface area contributed by atoms with Crippen molar-refractivity contribution in [3.63, 3.8) is 0 Å². The molecule has 106 valence electrons. The van der Waals surface area contributed by atoms with Gasteiger partial charge < -0.3 is 10.5 Å². The Labute approximate surface area is 120 Å². The van der Waals surface area contributed by atoms with Gasteiger partial charge in [0, 0.05) is 24.2 Å². The molecule has 4 heteroatoms. The quantitative estimate of drug-likeness (QED) is 0.923. The Balaban J connectivity index is 2.28. The summed E-state index contributed by atoms with van der Waals surface area (Å²) in [5, 5.41) is 0.801. The van der Waals surface area contributed by atoms with Crippen molar-refractivity contribution in [2.45, 2.75) is 38.5 Å². The number of halogens is 1. The van der Waals surface area contributed by atoms with Crippen LogP contribution in [0.1, 0.15) is 31.9 Å². The number of nitrogens with two attached hydrogens (primary N) is 1. The second-order valence-electron chi connectivity index (χ2n) is 5.21. The molecule has 0 aliphatic carbocycles. The normalized spacial score (nSPS) is 24.1. The summed E-state index contributed by atoms with van der Waals surface area (Å²) in [6, 6.07) is 8.27. The molecule has 1 aromatic carbocycles. The van der Waals surface area contributed by atoms with E-state index in [4.69, 9.17) is 22.1 Å². The molecule has 0 amide bonds. The lowest BCUT2D eigenvalue weighted by atomic mass is 9.95. The summed E-state index contributed by atoms with van der Waals surface area (Å²) < 4.78 is 5.62. The summed E-state index contributed by atoms with van der Waals surface area (Å²) >= 11 is 6.36. The maximum absolute atomic E-state index is 6.36. The summed E-state index contributed by atoms with van der Waals surface area (Å²) in [7, 11) is 0. The molecule has 0 radical (unpaired) electrons. The number of rotatable bonds is 4. The Bertz CT molecular complexity index is 413. The van der Waals surface area contributed by atoms with E-state index in [-0.39, 0.29) is 18.2 Å². The van der Waals surface area contributed by atoms with E-state index in [9.17, 15) is 0 Å². The van der Waals surface area contributed by atoms with Crippen molar-refractivity contribution < 1.29 is 4.74 Å². The van der Waals surface area contributed by atoms with E-state index >= 15 is 0 Å². The van der Waals surface area contributed by atoms with E-state index in [1.165, 1.54) is 0 Å². The van der Waals surface area contributed by atoms with Crippen LogP contribution >= 0.6 is 11.6 Å². The van der Waals surface area contributed by atoms with Crippen molar-refractivity contribution in [3.05, 3.63) is 34.9 Å². The van der Waals surface area contributed by atoms with Gasteiger partial charge >= 0.3 is 0 Å². The molecule has 0 aromatic heterocycles. The summed E-state index contributed by atoms with van der Waals surface area (Å²) in [4.78, 5) is 2.41. The number of benzene rings is 1. The first-order chi connectivity index (χ1) is 9.13. The Morgan fingerprint density at radius 3 is 2.84 bits per heavy atom. The molecule has 0 spiro atoms. The van der Waals surface area contributed by atoms with Gasteiger partial charge in [0.2, 0.25) is 0 Å². The van der Waals surface area contributed by atoms with Crippen LogP contribution in [0.4, 0.5) is 0 Å². The topological polar surface area (TPSA) is 38.5 Å².